The Morgan fingerprint density at radius 2 is 2.00 bits per heavy atom. The molecule has 0 radical (unpaired) electrons. The van der Waals surface area contributed by atoms with E-state index in [0.29, 0.717) is 12.5 Å². The van der Waals surface area contributed by atoms with Crippen LogP contribution in [0.2, 0.25) is 0 Å². The van der Waals surface area contributed by atoms with Crippen molar-refractivity contribution >= 4 is 12.4 Å². The molecule has 3 nitrogen and oxygen atoms in total. The molecule has 2 rings (SSSR count). The van der Waals surface area contributed by atoms with E-state index in [9.17, 15) is 0 Å². The molecule has 1 atom stereocenters. The molecule has 1 aromatic rings. The minimum Gasteiger partial charge on any atom is -0.494 e. The van der Waals surface area contributed by atoms with Gasteiger partial charge in [0.05, 0.1) is 6.61 Å². The van der Waals surface area contributed by atoms with Crippen LogP contribution in [0.3, 0.4) is 0 Å². The predicted molar refractivity (Wildman–Crippen MR) is 75.3 cm³/mol. The quantitative estimate of drug-likeness (QED) is 0.916. The molecule has 1 aromatic carbocycles. The fourth-order valence-corrected chi connectivity index (χ4v) is 2.37. The molecule has 1 aliphatic heterocycles. The molecule has 2 N–H and O–H groups in total. The Kier molecular flexibility index (Phi) is 6.47. The SMILES string of the molecule is CCOc1ccccc1[C@@H](N)C1CCOCC1.Cl. The number of para-hydroxylation sites is 1. The molecule has 0 bridgehead atoms. The van der Waals surface area contributed by atoms with E-state index in [1.54, 1.807) is 0 Å². The largest absolute Gasteiger partial charge is 0.494 e. The lowest BCUT2D eigenvalue weighted by Gasteiger charge is -2.28. The number of hydrogen-bond acceptors (Lipinski definition) is 3. The maximum absolute atomic E-state index is 6.37. The van der Waals surface area contributed by atoms with Crippen LogP contribution in [0.1, 0.15) is 31.4 Å². The molecule has 102 valence electrons. The van der Waals surface area contributed by atoms with Gasteiger partial charge in [0.15, 0.2) is 0 Å². The molecular weight excluding hydrogens is 250 g/mol. The Hall–Kier alpha value is -0.770. The van der Waals surface area contributed by atoms with Crippen LogP contribution < -0.4 is 10.5 Å². The number of rotatable bonds is 4. The van der Waals surface area contributed by atoms with Crippen molar-refractivity contribution in [2.45, 2.75) is 25.8 Å². The molecular formula is C14H22ClNO2. The molecule has 0 amide bonds. The van der Waals surface area contributed by atoms with Crippen molar-refractivity contribution in [1.29, 1.82) is 0 Å². The van der Waals surface area contributed by atoms with Crippen molar-refractivity contribution < 1.29 is 9.47 Å². The maximum atomic E-state index is 6.37. The molecule has 1 fully saturated rings. The maximum Gasteiger partial charge on any atom is 0.124 e. The van der Waals surface area contributed by atoms with Gasteiger partial charge in [0.25, 0.3) is 0 Å². The van der Waals surface area contributed by atoms with Crippen LogP contribution in [-0.2, 0) is 4.74 Å². The number of benzene rings is 1. The monoisotopic (exact) mass is 271 g/mol. The van der Waals surface area contributed by atoms with E-state index in [0.717, 1.165) is 37.4 Å². The first kappa shape index (κ1) is 15.3. The first-order chi connectivity index (χ1) is 8.33. The van der Waals surface area contributed by atoms with Gasteiger partial charge >= 0.3 is 0 Å². The second-order valence-corrected chi connectivity index (χ2v) is 4.45. The topological polar surface area (TPSA) is 44.5 Å². The average Bonchev–Trinajstić information content (AvgIpc) is 2.40. The van der Waals surface area contributed by atoms with E-state index in [2.05, 4.69) is 6.07 Å². The van der Waals surface area contributed by atoms with Gasteiger partial charge in [-0.25, -0.2) is 0 Å². The number of ether oxygens (including phenoxy) is 2. The highest BCUT2D eigenvalue weighted by Crippen LogP contribution is 2.33. The van der Waals surface area contributed by atoms with Gasteiger partial charge in [-0.3, -0.25) is 0 Å². The lowest BCUT2D eigenvalue weighted by molar-refractivity contribution is 0.0580. The predicted octanol–water partition coefficient (Wildman–Crippen LogP) is 2.93. The van der Waals surface area contributed by atoms with Crippen LogP contribution in [-0.4, -0.2) is 19.8 Å². The summed E-state index contributed by atoms with van der Waals surface area (Å²) in [6, 6.07) is 8.15. The standard InChI is InChI=1S/C14H21NO2.ClH/c1-2-17-13-6-4-3-5-12(13)14(15)11-7-9-16-10-8-11;/h3-6,11,14H,2,7-10,15H2,1H3;1H/t14-;/m0./s1. The van der Waals surface area contributed by atoms with E-state index >= 15 is 0 Å². The van der Waals surface area contributed by atoms with Gasteiger partial charge in [-0.15, -0.1) is 12.4 Å². The molecule has 1 heterocycles. The van der Waals surface area contributed by atoms with Gasteiger partial charge < -0.3 is 15.2 Å². The first-order valence-corrected chi connectivity index (χ1v) is 6.38. The lowest BCUT2D eigenvalue weighted by Crippen LogP contribution is -2.27. The van der Waals surface area contributed by atoms with Crippen molar-refractivity contribution in [1.82, 2.24) is 0 Å². The van der Waals surface area contributed by atoms with Gasteiger partial charge in [0.1, 0.15) is 5.75 Å². The zero-order valence-corrected chi connectivity index (χ0v) is 11.6. The summed E-state index contributed by atoms with van der Waals surface area (Å²) in [5, 5.41) is 0. The Labute approximate surface area is 115 Å². The highest BCUT2D eigenvalue weighted by molar-refractivity contribution is 5.85. The van der Waals surface area contributed by atoms with Gasteiger partial charge in [-0.2, -0.15) is 0 Å². The average molecular weight is 272 g/mol. The normalized spacial score (nSPS) is 17.9. The number of nitrogens with two attached hydrogens (primary N) is 1. The summed E-state index contributed by atoms with van der Waals surface area (Å²) >= 11 is 0. The zero-order chi connectivity index (χ0) is 12.1. The fraction of sp³-hybridized carbons (Fsp3) is 0.571. The van der Waals surface area contributed by atoms with E-state index in [1.807, 2.05) is 25.1 Å². The second kappa shape index (κ2) is 7.62. The number of hydrogen-bond donors (Lipinski definition) is 1. The van der Waals surface area contributed by atoms with Gasteiger partial charge in [0.2, 0.25) is 0 Å². The van der Waals surface area contributed by atoms with Gasteiger partial charge in [-0.1, -0.05) is 18.2 Å². The highest BCUT2D eigenvalue weighted by Gasteiger charge is 2.24. The molecule has 1 aliphatic rings. The Balaban J connectivity index is 0.00000162. The molecule has 0 aliphatic carbocycles. The van der Waals surface area contributed by atoms with Gasteiger partial charge in [0, 0.05) is 24.8 Å². The minimum atomic E-state index is 0. The smallest absolute Gasteiger partial charge is 0.124 e. The van der Waals surface area contributed by atoms with Crippen LogP contribution in [0.5, 0.6) is 5.75 Å². The summed E-state index contributed by atoms with van der Waals surface area (Å²) < 4.78 is 11.0. The highest BCUT2D eigenvalue weighted by atomic mass is 35.5. The van der Waals surface area contributed by atoms with Crippen LogP contribution >= 0.6 is 12.4 Å². The van der Waals surface area contributed by atoms with Crippen molar-refractivity contribution in [3.05, 3.63) is 29.8 Å². The van der Waals surface area contributed by atoms with E-state index < -0.39 is 0 Å². The molecule has 1 saturated heterocycles. The fourth-order valence-electron chi connectivity index (χ4n) is 2.37. The third-order valence-corrected chi connectivity index (χ3v) is 3.35. The third-order valence-electron chi connectivity index (χ3n) is 3.35. The van der Waals surface area contributed by atoms with Crippen molar-refractivity contribution in [2.24, 2.45) is 11.7 Å². The minimum absolute atomic E-state index is 0. The van der Waals surface area contributed by atoms with Crippen molar-refractivity contribution in [3.8, 4) is 5.75 Å². The summed E-state index contributed by atoms with van der Waals surface area (Å²) in [4.78, 5) is 0. The zero-order valence-electron chi connectivity index (χ0n) is 10.8. The third kappa shape index (κ3) is 3.61. The summed E-state index contributed by atoms with van der Waals surface area (Å²) in [6.45, 7) is 4.33. The Bertz CT molecular complexity index is 353. The molecule has 4 heteroatoms. The van der Waals surface area contributed by atoms with E-state index in [4.69, 9.17) is 15.2 Å². The van der Waals surface area contributed by atoms with Crippen LogP contribution in [0.25, 0.3) is 0 Å². The summed E-state index contributed by atoms with van der Waals surface area (Å²) in [5.41, 5.74) is 7.49. The van der Waals surface area contributed by atoms with E-state index in [-0.39, 0.29) is 18.4 Å². The second-order valence-electron chi connectivity index (χ2n) is 4.45. The molecule has 0 unspecified atom stereocenters. The Morgan fingerprint density at radius 1 is 1.33 bits per heavy atom. The van der Waals surface area contributed by atoms with Crippen molar-refractivity contribution in [2.75, 3.05) is 19.8 Å². The van der Waals surface area contributed by atoms with Crippen LogP contribution in [0.4, 0.5) is 0 Å². The first-order valence-electron chi connectivity index (χ1n) is 6.38. The summed E-state index contributed by atoms with van der Waals surface area (Å²) in [7, 11) is 0. The molecule has 18 heavy (non-hydrogen) atoms. The van der Waals surface area contributed by atoms with Crippen LogP contribution in [0, 0.1) is 5.92 Å². The van der Waals surface area contributed by atoms with Crippen LogP contribution in [0.15, 0.2) is 24.3 Å². The molecule has 0 saturated carbocycles. The van der Waals surface area contributed by atoms with E-state index in [1.165, 1.54) is 0 Å². The molecule has 0 spiro atoms. The van der Waals surface area contributed by atoms with Crippen molar-refractivity contribution in [3.63, 3.8) is 0 Å². The molecule has 0 aromatic heterocycles. The number of halogens is 1. The van der Waals surface area contributed by atoms with Gasteiger partial charge in [-0.05, 0) is 31.7 Å². The summed E-state index contributed by atoms with van der Waals surface area (Å²) in [6.07, 6.45) is 2.09. The Morgan fingerprint density at radius 3 is 2.67 bits per heavy atom. The summed E-state index contributed by atoms with van der Waals surface area (Å²) in [5.74, 6) is 1.43. The lowest BCUT2D eigenvalue weighted by atomic mass is 9.87.